The number of carbonyl (C=O) groups is 1. The van der Waals surface area contributed by atoms with Gasteiger partial charge in [-0.05, 0) is 37.3 Å². The first-order chi connectivity index (χ1) is 15.4. The second-order valence-corrected chi connectivity index (χ2v) is 8.65. The van der Waals surface area contributed by atoms with E-state index in [1.807, 2.05) is 42.5 Å². The Morgan fingerprint density at radius 3 is 2.53 bits per heavy atom. The lowest BCUT2D eigenvalue weighted by molar-refractivity contribution is -0.118. The number of H-pyrrole nitrogens is 2. The van der Waals surface area contributed by atoms with Crippen LogP contribution in [-0.2, 0) is 10.2 Å². The van der Waals surface area contributed by atoms with Gasteiger partial charge in [-0.2, -0.15) is 5.10 Å². The fourth-order valence-electron chi connectivity index (χ4n) is 4.80. The van der Waals surface area contributed by atoms with Crippen molar-refractivity contribution in [3.63, 3.8) is 0 Å². The van der Waals surface area contributed by atoms with Crippen LogP contribution in [0.25, 0.3) is 5.69 Å². The number of benzene rings is 2. The van der Waals surface area contributed by atoms with Crippen LogP contribution in [0.1, 0.15) is 22.4 Å². The summed E-state index contributed by atoms with van der Waals surface area (Å²) in [6, 6.07) is 14.8. The number of nitrogens with one attached hydrogen (secondary N) is 4. The van der Waals surface area contributed by atoms with Gasteiger partial charge in [0.25, 0.3) is 5.56 Å². The zero-order valence-electron chi connectivity index (χ0n) is 16.6. The van der Waals surface area contributed by atoms with Crippen molar-refractivity contribution >= 4 is 39.2 Å². The van der Waals surface area contributed by atoms with Crippen LogP contribution in [0.2, 0.25) is 0 Å². The van der Waals surface area contributed by atoms with Crippen LogP contribution < -0.4 is 21.9 Å². The number of anilines is 3. The molecule has 158 valence electrons. The molecule has 0 bridgehead atoms. The van der Waals surface area contributed by atoms with E-state index in [0.717, 1.165) is 10.2 Å². The molecule has 0 saturated carbocycles. The Kier molecular flexibility index (Phi) is 3.70. The number of aromatic nitrogens is 4. The number of halogens is 1. The lowest BCUT2D eigenvalue weighted by atomic mass is 9.69. The number of aryl methyl sites for hydroxylation is 1. The lowest BCUT2D eigenvalue weighted by Crippen LogP contribution is -2.46. The number of hydrogen-bond donors (Lipinski definition) is 4. The number of para-hydroxylation sites is 1. The van der Waals surface area contributed by atoms with Gasteiger partial charge in [0, 0.05) is 21.3 Å². The van der Waals surface area contributed by atoms with Crippen molar-refractivity contribution in [2.24, 2.45) is 0 Å². The highest BCUT2D eigenvalue weighted by atomic mass is 79.9. The Morgan fingerprint density at radius 2 is 1.75 bits per heavy atom. The Bertz CT molecular complexity index is 1570. The van der Waals surface area contributed by atoms with Crippen molar-refractivity contribution < 1.29 is 4.79 Å². The van der Waals surface area contributed by atoms with Crippen LogP contribution in [0.3, 0.4) is 0 Å². The SMILES string of the molecule is Cc1nn(-c2ccccc2)c2c1[C@@]1(C(=O)Nc3ccc(Br)cc31)c1c([nH]c(=O)[nH]c1=O)N2. The molecule has 2 aliphatic rings. The van der Waals surface area contributed by atoms with Gasteiger partial charge in [-0.1, -0.05) is 34.1 Å². The molecule has 4 aromatic rings. The average Bonchev–Trinajstić information content (AvgIpc) is 3.23. The smallest absolute Gasteiger partial charge is 0.326 e. The standard InChI is InChI=1S/C22H15BrN6O3/c1-10-15-18(29(28-10)12-5-3-2-4-6-12)25-17-16(19(30)27-21(32)26-17)22(15)13-9-11(23)7-8-14(13)24-20(22)31/h2-9H,1H3,(H,24,31)(H3,25,26,27,30,32)/t22-/m1/s1. The molecular formula is C22H15BrN6O3. The maximum atomic E-state index is 13.7. The summed E-state index contributed by atoms with van der Waals surface area (Å²) in [6.45, 7) is 1.80. The summed E-state index contributed by atoms with van der Waals surface area (Å²) >= 11 is 3.49. The van der Waals surface area contributed by atoms with E-state index in [9.17, 15) is 14.4 Å². The van der Waals surface area contributed by atoms with Crippen molar-refractivity contribution in [2.75, 3.05) is 10.6 Å². The highest BCUT2D eigenvalue weighted by molar-refractivity contribution is 9.10. The molecule has 10 heteroatoms. The molecule has 2 aromatic carbocycles. The van der Waals surface area contributed by atoms with Gasteiger partial charge in [-0.3, -0.25) is 19.6 Å². The normalized spacial score (nSPS) is 18.0. The van der Waals surface area contributed by atoms with Gasteiger partial charge in [0.2, 0.25) is 5.91 Å². The molecule has 0 aliphatic carbocycles. The number of rotatable bonds is 1. The summed E-state index contributed by atoms with van der Waals surface area (Å²) < 4.78 is 2.43. The van der Waals surface area contributed by atoms with E-state index >= 15 is 0 Å². The highest BCUT2D eigenvalue weighted by Gasteiger charge is 2.58. The predicted molar refractivity (Wildman–Crippen MR) is 122 cm³/mol. The van der Waals surface area contributed by atoms with Crippen LogP contribution in [0.15, 0.2) is 62.6 Å². The van der Waals surface area contributed by atoms with E-state index in [2.05, 4.69) is 36.5 Å². The van der Waals surface area contributed by atoms with E-state index in [-0.39, 0.29) is 17.3 Å². The molecule has 9 nitrogen and oxygen atoms in total. The Balaban J connectivity index is 1.80. The fraction of sp³-hybridized carbons (Fsp3) is 0.0909. The molecule has 4 N–H and O–H groups in total. The van der Waals surface area contributed by atoms with Gasteiger partial charge < -0.3 is 10.6 Å². The van der Waals surface area contributed by atoms with Gasteiger partial charge in [0.15, 0.2) is 0 Å². The third-order valence-corrected chi connectivity index (χ3v) is 6.46. The third-order valence-electron chi connectivity index (χ3n) is 5.97. The third kappa shape index (κ3) is 2.27. The van der Waals surface area contributed by atoms with Crippen LogP contribution in [0, 0.1) is 6.92 Å². The maximum absolute atomic E-state index is 13.7. The summed E-state index contributed by atoms with van der Waals surface area (Å²) in [5, 5.41) is 10.8. The topological polar surface area (TPSA) is 125 Å². The molecule has 32 heavy (non-hydrogen) atoms. The molecule has 1 spiro atoms. The van der Waals surface area contributed by atoms with Crippen molar-refractivity contribution in [3.05, 3.63) is 96.2 Å². The number of hydrogen-bond acceptors (Lipinski definition) is 5. The largest absolute Gasteiger partial charge is 0.327 e. The molecule has 1 atom stereocenters. The van der Waals surface area contributed by atoms with Crippen molar-refractivity contribution in [1.82, 2.24) is 19.7 Å². The first-order valence-corrected chi connectivity index (χ1v) is 10.6. The molecule has 0 radical (unpaired) electrons. The summed E-state index contributed by atoms with van der Waals surface area (Å²) in [7, 11) is 0. The summed E-state index contributed by atoms with van der Waals surface area (Å²) in [5.41, 5.74) is 0.411. The molecule has 2 aliphatic heterocycles. The van der Waals surface area contributed by atoms with Crippen LogP contribution in [0.4, 0.5) is 17.3 Å². The molecule has 4 heterocycles. The minimum Gasteiger partial charge on any atom is -0.326 e. The van der Waals surface area contributed by atoms with Crippen LogP contribution in [0.5, 0.6) is 0 Å². The van der Waals surface area contributed by atoms with Crippen LogP contribution >= 0.6 is 15.9 Å². The van der Waals surface area contributed by atoms with E-state index in [0.29, 0.717) is 28.3 Å². The summed E-state index contributed by atoms with van der Waals surface area (Å²) in [6.07, 6.45) is 0. The zero-order valence-corrected chi connectivity index (χ0v) is 18.2. The number of amides is 1. The summed E-state index contributed by atoms with van der Waals surface area (Å²) in [4.78, 5) is 44.0. The van der Waals surface area contributed by atoms with Gasteiger partial charge in [0.1, 0.15) is 17.1 Å². The lowest BCUT2D eigenvalue weighted by Gasteiger charge is -2.34. The van der Waals surface area contributed by atoms with Crippen LogP contribution in [-0.4, -0.2) is 25.7 Å². The quantitative estimate of drug-likeness (QED) is 0.326. The van der Waals surface area contributed by atoms with Crippen molar-refractivity contribution in [1.29, 1.82) is 0 Å². The Labute approximate surface area is 188 Å². The highest BCUT2D eigenvalue weighted by Crippen LogP contribution is 2.54. The fourth-order valence-corrected chi connectivity index (χ4v) is 5.16. The molecule has 0 unspecified atom stereocenters. The molecular weight excluding hydrogens is 476 g/mol. The van der Waals surface area contributed by atoms with Gasteiger partial charge in [-0.25, -0.2) is 9.48 Å². The number of fused-ring (bicyclic) bond motifs is 6. The minimum atomic E-state index is -1.50. The molecule has 6 rings (SSSR count). The van der Waals surface area contributed by atoms with Crippen molar-refractivity contribution in [3.8, 4) is 5.69 Å². The molecule has 0 saturated heterocycles. The van der Waals surface area contributed by atoms with Gasteiger partial charge in [0.05, 0.1) is 16.9 Å². The first kappa shape index (κ1) is 18.8. The minimum absolute atomic E-state index is 0.120. The van der Waals surface area contributed by atoms with Gasteiger partial charge in [-0.15, -0.1) is 0 Å². The van der Waals surface area contributed by atoms with E-state index in [1.54, 1.807) is 17.7 Å². The molecule has 0 fully saturated rings. The number of nitrogens with zero attached hydrogens (tertiary/aromatic N) is 2. The van der Waals surface area contributed by atoms with Gasteiger partial charge >= 0.3 is 5.69 Å². The Hall–Kier alpha value is -3.92. The Morgan fingerprint density at radius 1 is 0.969 bits per heavy atom. The summed E-state index contributed by atoms with van der Waals surface area (Å²) in [5.74, 6) is 0.277. The number of carbonyl (C=O) groups excluding carboxylic acids is 1. The monoisotopic (exact) mass is 490 g/mol. The molecule has 2 aromatic heterocycles. The first-order valence-electron chi connectivity index (χ1n) is 9.82. The molecule has 1 amide bonds. The number of aromatic amines is 2. The zero-order chi connectivity index (χ0) is 22.2. The van der Waals surface area contributed by atoms with E-state index < -0.39 is 16.7 Å². The second kappa shape index (κ2) is 6.30. The maximum Gasteiger partial charge on any atom is 0.327 e. The van der Waals surface area contributed by atoms with E-state index in [1.165, 1.54) is 0 Å². The average molecular weight is 491 g/mol. The van der Waals surface area contributed by atoms with Crippen molar-refractivity contribution in [2.45, 2.75) is 12.3 Å². The second-order valence-electron chi connectivity index (χ2n) is 7.73. The predicted octanol–water partition coefficient (Wildman–Crippen LogP) is 2.66. The van der Waals surface area contributed by atoms with E-state index in [4.69, 9.17) is 5.10 Å².